The van der Waals surface area contributed by atoms with Gasteiger partial charge in [0.1, 0.15) is 0 Å². The van der Waals surface area contributed by atoms with Crippen LogP contribution in [-0.4, -0.2) is 41.7 Å². The fraction of sp³-hybridized carbons (Fsp3) is 0.333. The molecule has 2 aromatic rings. The third kappa shape index (κ3) is 6.09. The van der Waals surface area contributed by atoms with Gasteiger partial charge in [-0.2, -0.15) is 0 Å². The zero-order valence-electron chi connectivity index (χ0n) is 19.0. The summed E-state index contributed by atoms with van der Waals surface area (Å²) in [6, 6.07) is 5.68. The Morgan fingerprint density at radius 2 is 1.49 bits per heavy atom. The molecule has 0 unspecified atom stereocenters. The van der Waals surface area contributed by atoms with E-state index in [1.807, 2.05) is 32.0 Å². The lowest BCUT2D eigenvalue weighted by Gasteiger charge is -2.13. The summed E-state index contributed by atoms with van der Waals surface area (Å²) in [6.07, 6.45) is 1.55. The van der Waals surface area contributed by atoms with Gasteiger partial charge >= 0.3 is 5.97 Å². The first-order valence-electron chi connectivity index (χ1n) is 10.8. The lowest BCUT2D eigenvalue weighted by Crippen LogP contribution is -2.30. The van der Waals surface area contributed by atoms with Gasteiger partial charge < -0.3 is 10.1 Å². The van der Waals surface area contributed by atoms with Crippen molar-refractivity contribution in [2.45, 2.75) is 39.5 Å². The van der Waals surface area contributed by atoms with E-state index in [9.17, 15) is 19.2 Å². The number of hydrogen-bond acceptors (Lipinski definition) is 5. The normalized spacial score (nSPS) is 12.7. The number of fused-ring (bicyclic) bond motifs is 1. The molecule has 0 aliphatic carbocycles. The Morgan fingerprint density at radius 3 is 2.09 bits per heavy atom. The Labute approximate surface area is 222 Å². The lowest BCUT2D eigenvalue weighted by atomic mass is 10.1. The van der Waals surface area contributed by atoms with Crippen molar-refractivity contribution in [1.82, 2.24) is 4.90 Å². The molecule has 35 heavy (non-hydrogen) atoms. The maximum absolute atomic E-state index is 12.7. The van der Waals surface area contributed by atoms with Crippen molar-refractivity contribution in [3.63, 3.8) is 0 Å². The van der Waals surface area contributed by atoms with E-state index >= 15 is 0 Å². The molecule has 1 aliphatic rings. The molecule has 0 bridgehead atoms. The number of nitrogens with zero attached hydrogens (tertiary/aromatic N) is 1. The van der Waals surface area contributed by atoms with Crippen LogP contribution in [-0.2, 0) is 14.3 Å². The first-order valence-corrected chi connectivity index (χ1v) is 12.3. The minimum absolute atomic E-state index is 0.0567. The minimum atomic E-state index is -0.593. The molecule has 2 aromatic carbocycles. The second kappa shape index (κ2) is 11.6. The largest absolute Gasteiger partial charge is 0.456 e. The number of imide groups is 1. The molecule has 3 rings (SSSR count). The second-order valence-corrected chi connectivity index (χ2v) is 9.62. The summed E-state index contributed by atoms with van der Waals surface area (Å²) < 4.78 is 5.03. The Balaban J connectivity index is 1.41. The summed E-state index contributed by atoms with van der Waals surface area (Å²) in [7, 11) is 0. The smallest absolute Gasteiger partial charge is 0.306 e. The molecule has 11 heteroatoms. The van der Waals surface area contributed by atoms with Crippen LogP contribution < -0.4 is 5.32 Å². The van der Waals surface area contributed by atoms with E-state index in [4.69, 9.17) is 51.1 Å². The average Bonchev–Trinajstić information content (AvgIpc) is 3.07. The van der Waals surface area contributed by atoms with Gasteiger partial charge in [0, 0.05) is 18.7 Å². The van der Waals surface area contributed by atoms with Crippen LogP contribution >= 0.6 is 46.4 Å². The maximum Gasteiger partial charge on any atom is 0.306 e. The van der Waals surface area contributed by atoms with E-state index in [1.54, 1.807) is 0 Å². The standard InChI is InChI=1S/C24H22Cl4N2O5/c1-12-7-8-13(2)14(10-12)29-15(31)11-35-16(32)6-4-3-5-9-30-23(33)17-18(24(30)34)20(26)22(28)21(27)19(17)25/h7-8,10H,3-6,9,11H2,1-2H3,(H,29,31). The molecular formula is C24H22Cl4N2O5. The number of aryl methyl sites for hydroxylation is 2. The summed E-state index contributed by atoms with van der Waals surface area (Å²) in [5.74, 6) is -2.12. The Kier molecular flexibility index (Phi) is 9.05. The monoisotopic (exact) mass is 558 g/mol. The van der Waals surface area contributed by atoms with Gasteiger partial charge in [-0.15, -0.1) is 0 Å². The number of benzene rings is 2. The molecule has 1 N–H and O–H groups in total. The highest BCUT2D eigenvalue weighted by molar-refractivity contribution is 6.55. The Hall–Kier alpha value is -2.32. The number of carbonyl (C=O) groups excluding carboxylic acids is 4. The fourth-order valence-corrected chi connectivity index (χ4v) is 4.60. The van der Waals surface area contributed by atoms with E-state index in [0.29, 0.717) is 24.9 Å². The van der Waals surface area contributed by atoms with Gasteiger partial charge in [0.15, 0.2) is 6.61 Å². The van der Waals surface area contributed by atoms with Crippen LogP contribution in [0.2, 0.25) is 20.1 Å². The van der Waals surface area contributed by atoms with Gasteiger partial charge in [0.25, 0.3) is 17.7 Å². The summed E-state index contributed by atoms with van der Waals surface area (Å²) >= 11 is 24.2. The number of esters is 1. The molecular weight excluding hydrogens is 538 g/mol. The summed E-state index contributed by atoms with van der Waals surface area (Å²) in [5.41, 5.74) is 2.47. The third-order valence-corrected chi connectivity index (χ3v) is 7.28. The SMILES string of the molecule is Cc1ccc(C)c(NC(=O)COC(=O)CCCCCN2C(=O)c3c(Cl)c(Cl)c(Cl)c(Cl)c3C2=O)c1. The van der Waals surface area contributed by atoms with Crippen molar-refractivity contribution < 1.29 is 23.9 Å². The van der Waals surface area contributed by atoms with Crippen LogP contribution in [0.1, 0.15) is 57.5 Å². The van der Waals surface area contributed by atoms with Gasteiger partial charge in [-0.3, -0.25) is 24.1 Å². The number of ether oxygens (including phenoxy) is 1. The highest BCUT2D eigenvalue weighted by Gasteiger charge is 2.41. The van der Waals surface area contributed by atoms with Crippen molar-refractivity contribution >= 4 is 75.8 Å². The number of carbonyl (C=O) groups is 4. The second-order valence-electron chi connectivity index (χ2n) is 8.11. The van der Waals surface area contributed by atoms with Crippen molar-refractivity contribution in [2.24, 2.45) is 0 Å². The van der Waals surface area contributed by atoms with E-state index in [0.717, 1.165) is 16.0 Å². The molecule has 0 atom stereocenters. The molecule has 0 spiro atoms. The molecule has 1 heterocycles. The van der Waals surface area contributed by atoms with E-state index < -0.39 is 23.7 Å². The summed E-state index contributed by atoms with van der Waals surface area (Å²) in [5, 5.41) is 2.34. The molecule has 0 aromatic heterocycles. The predicted octanol–water partition coefficient (Wildman–Crippen LogP) is 6.26. The number of nitrogens with one attached hydrogen (secondary N) is 1. The first-order chi connectivity index (χ1) is 16.5. The number of anilines is 1. The van der Waals surface area contributed by atoms with E-state index in [-0.39, 0.29) is 50.8 Å². The van der Waals surface area contributed by atoms with Gasteiger partial charge in [0.2, 0.25) is 0 Å². The van der Waals surface area contributed by atoms with Crippen molar-refractivity contribution in [3.8, 4) is 0 Å². The quantitative estimate of drug-likeness (QED) is 0.129. The van der Waals surface area contributed by atoms with Crippen LogP contribution in [0.15, 0.2) is 18.2 Å². The molecule has 3 amide bonds. The molecule has 186 valence electrons. The fourth-order valence-electron chi connectivity index (χ4n) is 3.59. The van der Waals surface area contributed by atoms with Crippen LogP contribution in [0, 0.1) is 13.8 Å². The highest BCUT2D eigenvalue weighted by atomic mass is 35.5. The molecule has 0 fully saturated rings. The molecule has 1 aliphatic heterocycles. The lowest BCUT2D eigenvalue weighted by molar-refractivity contribution is -0.147. The minimum Gasteiger partial charge on any atom is -0.456 e. The van der Waals surface area contributed by atoms with Crippen molar-refractivity contribution in [2.75, 3.05) is 18.5 Å². The first kappa shape index (κ1) is 27.3. The van der Waals surface area contributed by atoms with Gasteiger partial charge in [-0.1, -0.05) is 65.0 Å². The maximum atomic E-state index is 12.7. The number of amides is 3. The van der Waals surface area contributed by atoms with E-state index in [2.05, 4.69) is 5.32 Å². The predicted molar refractivity (Wildman–Crippen MR) is 136 cm³/mol. The van der Waals surface area contributed by atoms with Crippen molar-refractivity contribution in [1.29, 1.82) is 0 Å². The number of unbranched alkanes of at least 4 members (excludes halogenated alkanes) is 2. The summed E-state index contributed by atoms with van der Waals surface area (Å²) in [4.78, 5) is 50.4. The molecule has 0 saturated heterocycles. The molecule has 0 radical (unpaired) electrons. The van der Waals surface area contributed by atoms with Crippen molar-refractivity contribution in [3.05, 3.63) is 60.5 Å². The zero-order valence-corrected chi connectivity index (χ0v) is 22.0. The topological polar surface area (TPSA) is 92.8 Å². The number of halogens is 4. The van der Waals surface area contributed by atoms with Gasteiger partial charge in [-0.05, 0) is 43.9 Å². The van der Waals surface area contributed by atoms with Gasteiger partial charge in [0.05, 0.1) is 31.2 Å². The summed E-state index contributed by atoms with van der Waals surface area (Å²) in [6.45, 7) is 3.52. The van der Waals surface area contributed by atoms with E-state index in [1.165, 1.54) is 0 Å². The van der Waals surface area contributed by atoms with Crippen LogP contribution in [0.4, 0.5) is 5.69 Å². The zero-order chi connectivity index (χ0) is 25.9. The third-order valence-electron chi connectivity index (χ3n) is 5.48. The van der Waals surface area contributed by atoms with Crippen LogP contribution in [0.5, 0.6) is 0 Å². The van der Waals surface area contributed by atoms with Gasteiger partial charge in [-0.25, -0.2) is 0 Å². The number of rotatable bonds is 9. The average molecular weight is 560 g/mol. The van der Waals surface area contributed by atoms with Crippen LogP contribution in [0.25, 0.3) is 0 Å². The highest BCUT2D eigenvalue weighted by Crippen LogP contribution is 2.44. The number of hydrogen-bond donors (Lipinski definition) is 1. The van der Waals surface area contributed by atoms with Crippen LogP contribution in [0.3, 0.4) is 0 Å². The molecule has 7 nitrogen and oxygen atoms in total. The Bertz CT molecular complexity index is 1170. The Morgan fingerprint density at radius 1 is 0.886 bits per heavy atom. The molecule has 0 saturated carbocycles.